The number of hydrogen-bond acceptors (Lipinski definition) is 4. The first-order chi connectivity index (χ1) is 9.79. The molecule has 1 amide bonds. The van der Waals surface area contributed by atoms with Crippen LogP contribution in [0.3, 0.4) is 0 Å². The Kier molecular flexibility index (Phi) is 4.64. The van der Waals surface area contributed by atoms with Crippen molar-refractivity contribution in [2.75, 3.05) is 0 Å². The first-order valence-corrected chi connectivity index (χ1v) is 7.85. The Morgan fingerprint density at radius 1 is 1.33 bits per heavy atom. The van der Waals surface area contributed by atoms with Crippen LogP contribution in [0.2, 0.25) is 0 Å². The first-order valence-electron chi connectivity index (χ1n) is 7.85. The molecular formula is C15H27N5O. The predicted octanol–water partition coefficient (Wildman–Crippen LogP) is 1.91. The highest BCUT2D eigenvalue weighted by atomic mass is 16.2. The van der Waals surface area contributed by atoms with Crippen LogP contribution in [0.25, 0.3) is 0 Å². The molecule has 1 saturated carbocycles. The maximum absolute atomic E-state index is 12.3. The summed E-state index contributed by atoms with van der Waals surface area (Å²) in [6, 6.07) is 0.274. The number of hydrogen-bond donors (Lipinski definition) is 1. The lowest BCUT2D eigenvalue weighted by Crippen LogP contribution is -2.45. The molecule has 1 aromatic rings. The van der Waals surface area contributed by atoms with Crippen LogP contribution in [-0.4, -0.2) is 32.2 Å². The fourth-order valence-electron chi connectivity index (χ4n) is 3.02. The van der Waals surface area contributed by atoms with Gasteiger partial charge in [0.15, 0.2) is 5.82 Å². The Bertz CT molecular complexity index is 490. The molecule has 21 heavy (non-hydrogen) atoms. The van der Waals surface area contributed by atoms with E-state index in [0.29, 0.717) is 11.8 Å². The quantitative estimate of drug-likeness (QED) is 0.924. The van der Waals surface area contributed by atoms with Gasteiger partial charge in [0.05, 0.1) is 0 Å². The topological polar surface area (TPSA) is 72.7 Å². The van der Waals surface area contributed by atoms with Gasteiger partial charge in [-0.05, 0) is 28.7 Å². The molecule has 1 aromatic heterocycles. The minimum Gasteiger partial charge on any atom is -0.351 e. The van der Waals surface area contributed by atoms with E-state index < -0.39 is 0 Å². The van der Waals surface area contributed by atoms with Gasteiger partial charge >= 0.3 is 0 Å². The molecule has 1 N–H and O–H groups in total. The van der Waals surface area contributed by atoms with E-state index in [2.05, 4.69) is 34.7 Å². The van der Waals surface area contributed by atoms with Crippen molar-refractivity contribution >= 4 is 5.91 Å². The third-order valence-corrected chi connectivity index (χ3v) is 4.55. The summed E-state index contributed by atoms with van der Waals surface area (Å²) >= 11 is 0. The number of nitrogens with one attached hydrogen (secondary N) is 1. The van der Waals surface area contributed by atoms with E-state index in [4.69, 9.17) is 0 Å². The van der Waals surface area contributed by atoms with Gasteiger partial charge in [0, 0.05) is 11.5 Å². The van der Waals surface area contributed by atoms with Gasteiger partial charge in [-0.25, -0.2) is 4.68 Å². The molecule has 3 atom stereocenters. The van der Waals surface area contributed by atoms with Crippen LogP contribution in [0, 0.1) is 11.8 Å². The number of aromatic nitrogens is 4. The Morgan fingerprint density at radius 2 is 2.05 bits per heavy atom. The van der Waals surface area contributed by atoms with Crippen LogP contribution < -0.4 is 5.32 Å². The Hall–Kier alpha value is -1.46. The lowest BCUT2D eigenvalue weighted by atomic mass is 9.78. The van der Waals surface area contributed by atoms with Gasteiger partial charge in [-0.15, -0.1) is 5.10 Å². The summed E-state index contributed by atoms with van der Waals surface area (Å²) in [5, 5.41) is 14.8. The van der Waals surface area contributed by atoms with Crippen molar-refractivity contribution in [2.24, 2.45) is 11.8 Å². The molecule has 0 radical (unpaired) electrons. The van der Waals surface area contributed by atoms with E-state index in [9.17, 15) is 4.79 Å². The van der Waals surface area contributed by atoms with Crippen molar-refractivity contribution in [2.45, 2.75) is 71.9 Å². The van der Waals surface area contributed by atoms with Crippen molar-refractivity contribution < 1.29 is 4.79 Å². The molecular weight excluding hydrogens is 266 g/mol. The second kappa shape index (κ2) is 6.12. The molecule has 0 saturated heterocycles. The summed E-state index contributed by atoms with van der Waals surface area (Å²) < 4.78 is 1.60. The van der Waals surface area contributed by atoms with Crippen LogP contribution in [0.15, 0.2) is 0 Å². The Morgan fingerprint density at radius 3 is 2.71 bits per heavy atom. The number of rotatable bonds is 3. The molecule has 1 aliphatic rings. The molecule has 1 aliphatic carbocycles. The van der Waals surface area contributed by atoms with Crippen molar-refractivity contribution in [3.05, 3.63) is 5.82 Å². The number of nitrogens with zero attached hydrogens (tertiary/aromatic N) is 4. The molecule has 0 aromatic carbocycles. The highest BCUT2D eigenvalue weighted by Crippen LogP contribution is 2.29. The average Bonchev–Trinajstić information content (AvgIpc) is 2.83. The molecule has 0 spiro atoms. The SMILES string of the molecule is C[C@@H]1[C@H](C)CCC[C@H]1NC(=O)Cn1nnnc1C(C)(C)C. The monoisotopic (exact) mass is 293 g/mol. The lowest BCUT2D eigenvalue weighted by molar-refractivity contribution is -0.123. The standard InChI is InChI=1S/C15H27N5O/c1-10-7-6-8-12(11(10)2)16-13(21)9-20-14(15(3,4)5)17-18-19-20/h10-12H,6-9H2,1-5H3,(H,16,21)/t10-,11-,12-/m1/s1. The zero-order valence-corrected chi connectivity index (χ0v) is 13.8. The molecule has 6 nitrogen and oxygen atoms in total. The minimum absolute atomic E-state index is 0.00116. The van der Waals surface area contributed by atoms with Crippen molar-refractivity contribution in [3.63, 3.8) is 0 Å². The van der Waals surface area contributed by atoms with Gasteiger partial charge in [-0.2, -0.15) is 0 Å². The molecule has 0 bridgehead atoms. The average molecular weight is 293 g/mol. The number of carbonyl (C=O) groups is 1. The van der Waals surface area contributed by atoms with Crippen molar-refractivity contribution in [3.8, 4) is 0 Å². The van der Waals surface area contributed by atoms with Crippen LogP contribution >= 0.6 is 0 Å². The number of tetrazole rings is 1. The predicted molar refractivity (Wildman–Crippen MR) is 80.6 cm³/mol. The van der Waals surface area contributed by atoms with E-state index in [1.165, 1.54) is 12.8 Å². The molecule has 2 rings (SSSR count). The molecule has 6 heteroatoms. The summed E-state index contributed by atoms with van der Waals surface area (Å²) in [5.74, 6) is 1.93. The maximum Gasteiger partial charge on any atom is 0.242 e. The van der Waals surface area contributed by atoms with E-state index in [0.717, 1.165) is 12.2 Å². The zero-order chi connectivity index (χ0) is 15.6. The van der Waals surface area contributed by atoms with Gasteiger partial charge < -0.3 is 5.32 Å². The van der Waals surface area contributed by atoms with Crippen molar-refractivity contribution in [1.82, 2.24) is 25.5 Å². The highest BCUT2D eigenvalue weighted by Gasteiger charge is 2.29. The van der Waals surface area contributed by atoms with Gasteiger partial charge in [0.2, 0.25) is 5.91 Å². The zero-order valence-electron chi connectivity index (χ0n) is 13.8. The van der Waals surface area contributed by atoms with E-state index in [1.807, 2.05) is 20.8 Å². The van der Waals surface area contributed by atoms with Gasteiger partial charge in [0.25, 0.3) is 0 Å². The first kappa shape index (κ1) is 15.9. The van der Waals surface area contributed by atoms with Crippen molar-refractivity contribution in [1.29, 1.82) is 0 Å². The van der Waals surface area contributed by atoms with Crippen LogP contribution in [-0.2, 0) is 16.8 Å². The van der Waals surface area contributed by atoms with E-state index >= 15 is 0 Å². The fourth-order valence-corrected chi connectivity index (χ4v) is 3.02. The Labute approximate surface area is 126 Å². The highest BCUT2D eigenvalue weighted by molar-refractivity contribution is 5.76. The van der Waals surface area contributed by atoms with Crippen LogP contribution in [0.4, 0.5) is 0 Å². The summed E-state index contributed by atoms with van der Waals surface area (Å²) in [5.41, 5.74) is -0.170. The number of carbonyl (C=O) groups excluding carboxylic acids is 1. The third-order valence-electron chi connectivity index (χ3n) is 4.55. The van der Waals surface area contributed by atoms with Gasteiger partial charge in [-0.3, -0.25) is 4.79 Å². The Balaban J connectivity index is 1.98. The fraction of sp³-hybridized carbons (Fsp3) is 0.867. The summed E-state index contributed by atoms with van der Waals surface area (Å²) in [6.45, 7) is 10.8. The normalized spacial score (nSPS) is 26.6. The van der Waals surface area contributed by atoms with E-state index in [-0.39, 0.29) is 23.9 Å². The second-order valence-corrected chi connectivity index (χ2v) is 7.35. The molecule has 1 fully saturated rings. The molecule has 0 unspecified atom stereocenters. The molecule has 118 valence electrons. The lowest BCUT2D eigenvalue weighted by Gasteiger charge is -2.34. The molecule has 0 aliphatic heterocycles. The summed E-state index contributed by atoms with van der Waals surface area (Å²) in [4.78, 5) is 12.3. The maximum atomic E-state index is 12.3. The van der Waals surface area contributed by atoms with Crippen LogP contribution in [0.5, 0.6) is 0 Å². The summed E-state index contributed by atoms with van der Waals surface area (Å²) in [7, 11) is 0. The van der Waals surface area contributed by atoms with Gasteiger partial charge in [-0.1, -0.05) is 47.5 Å². The van der Waals surface area contributed by atoms with E-state index in [1.54, 1.807) is 4.68 Å². The third kappa shape index (κ3) is 3.80. The largest absolute Gasteiger partial charge is 0.351 e. The number of amides is 1. The smallest absolute Gasteiger partial charge is 0.242 e. The molecule has 1 heterocycles. The summed E-state index contributed by atoms with van der Waals surface area (Å²) in [6.07, 6.45) is 3.52. The van der Waals surface area contributed by atoms with Gasteiger partial charge in [0.1, 0.15) is 6.54 Å². The second-order valence-electron chi connectivity index (χ2n) is 7.35. The minimum atomic E-state index is -0.170. The van der Waals surface area contributed by atoms with Crippen LogP contribution in [0.1, 0.15) is 59.7 Å².